The average Bonchev–Trinajstić information content (AvgIpc) is 2.51. The van der Waals surface area contributed by atoms with Crippen LogP contribution in [0.1, 0.15) is 37.6 Å². The van der Waals surface area contributed by atoms with E-state index >= 15 is 0 Å². The summed E-state index contributed by atoms with van der Waals surface area (Å²) in [6, 6.07) is 8.08. The van der Waals surface area contributed by atoms with E-state index < -0.39 is 0 Å². The molecule has 0 saturated carbocycles. The Balaban J connectivity index is 2.18. The maximum atomic E-state index is 12.2. The number of rotatable bonds is 4. The number of ether oxygens (including phenoxy) is 1. The Labute approximate surface area is 141 Å². The second-order valence-corrected chi connectivity index (χ2v) is 7.37. The van der Waals surface area contributed by atoms with Crippen LogP contribution in [0.3, 0.4) is 0 Å². The van der Waals surface area contributed by atoms with E-state index in [1.165, 1.54) is 17.3 Å². The van der Waals surface area contributed by atoms with E-state index in [4.69, 9.17) is 4.74 Å². The fraction of sp³-hybridized carbons (Fsp3) is 0.444. The lowest BCUT2D eigenvalue weighted by Gasteiger charge is -2.19. The molecule has 2 rings (SSSR count). The van der Waals surface area contributed by atoms with E-state index in [1.807, 2.05) is 18.4 Å². The summed E-state index contributed by atoms with van der Waals surface area (Å²) in [5.41, 5.74) is 2.69. The van der Waals surface area contributed by atoms with E-state index in [0.29, 0.717) is 23.0 Å². The summed E-state index contributed by atoms with van der Waals surface area (Å²) in [6.45, 7) is 8.63. The highest BCUT2D eigenvalue weighted by Crippen LogP contribution is 2.24. The molecule has 1 heterocycles. The summed E-state index contributed by atoms with van der Waals surface area (Å²) in [5, 5.41) is 0.697. The number of nitrogens with zero attached hydrogens (tertiary/aromatic N) is 2. The van der Waals surface area contributed by atoms with Crippen molar-refractivity contribution in [3.8, 4) is 5.75 Å². The molecule has 1 aromatic heterocycles. The van der Waals surface area contributed by atoms with Crippen LogP contribution in [-0.4, -0.2) is 15.8 Å². The fourth-order valence-electron chi connectivity index (χ4n) is 2.26. The largest absolute Gasteiger partial charge is 0.487 e. The summed E-state index contributed by atoms with van der Waals surface area (Å²) in [6.07, 6.45) is 1.91. The standard InChI is InChI=1S/C18H24N2O2S/c1-12-15(19-17(23-6)20(5)16(12)21)11-22-14-9-7-13(8-10-14)18(2,3)4/h7-10H,11H2,1-6H3. The number of hydrogen-bond acceptors (Lipinski definition) is 4. The first-order chi connectivity index (χ1) is 10.7. The van der Waals surface area contributed by atoms with Crippen LogP contribution in [-0.2, 0) is 19.1 Å². The third-order valence-corrected chi connectivity index (χ3v) is 4.58. The van der Waals surface area contributed by atoms with Crippen molar-refractivity contribution in [2.75, 3.05) is 6.26 Å². The Kier molecular flexibility index (Phi) is 5.19. The van der Waals surface area contributed by atoms with Gasteiger partial charge in [-0.05, 0) is 36.3 Å². The number of hydrogen-bond donors (Lipinski definition) is 0. The molecular formula is C18H24N2O2S. The van der Waals surface area contributed by atoms with Gasteiger partial charge in [0.2, 0.25) is 0 Å². The second kappa shape index (κ2) is 6.79. The summed E-state index contributed by atoms with van der Waals surface area (Å²) in [4.78, 5) is 16.7. The number of aromatic nitrogens is 2. The SMILES string of the molecule is CSc1nc(COc2ccc(C(C)(C)C)cc2)c(C)c(=O)n1C. The molecule has 0 aliphatic rings. The molecule has 0 radical (unpaired) electrons. The minimum absolute atomic E-state index is 0.0222. The zero-order chi connectivity index (χ0) is 17.2. The molecule has 124 valence electrons. The second-order valence-electron chi connectivity index (χ2n) is 6.60. The maximum absolute atomic E-state index is 12.2. The third-order valence-electron chi connectivity index (χ3n) is 3.85. The predicted molar refractivity (Wildman–Crippen MR) is 95.5 cm³/mol. The Morgan fingerprint density at radius 1 is 1.22 bits per heavy atom. The lowest BCUT2D eigenvalue weighted by molar-refractivity contribution is 0.297. The molecule has 0 unspecified atom stereocenters. The first-order valence-corrected chi connectivity index (χ1v) is 8.80. The van der Waals surface area contributed by atoms with E-state index in [1.54, 1.807) is 18.5 Å². The summed E-state index contributed by atoms with van der Waals surface area (Å²) in [7, 11) is 1.74. The van der Waals surface area contributed by atoms with E-state index in [9.17, 15) is 4.79 Å². The zero-order valence-electron chi connectivity index (χ0n) is 14.6. The molecule has 0 spiro atoms. The Morgan fingerprint density at radius 3 is 2.35 bits per heavy atom. The molecule has 0 saturated heterocycles. The van der Waals surface area contributed by atoms with Crippen molar-refractivity contribution < 1.29 is 4.74 Å². The average molecular weight is 332 g/mol. The van der Waals surface area contributed by atoms with Crippen LogP contribution in [0.4, 0.5) is 0 Å². The van der Waals surface area contributed by atoms with E-state index in [2.05, 4.69) is 37.9 Å². The molecule has 0 atom stereocenters. The molecule has 0 fully saturated rings. The maximum Gasteiger partial charge on any atom is 0.257 e. The van der Waals surface area contributed by atoms with Crippen molar-refractivity contribution in [3.63, 3.8) is 0 Å². The van der Waals surface area contributed by atoms with Crippen molar-refractivity contribution >= 4 is 11.8 Å². The van der Waals surface area contributed by atoms with Crippen LogP contribution in [0.2, 0.25) is 0 Å². The summed E-state index contributed by atoms with van der Waals surface area (Å²) < 4.78 is 7.39. The van der Waals surface area contributed by atoms with Crippen LogP contribution < -0.4 is 10.3 Å². The van der Waals surface area contributed by atoms with Crippen LogP contribution >= 0.6 is 11.8 Å². The molecule has 0 aliphatic carbocycles. The molecule has 0 amide bonds. The number of thioether (sulfide) groups is 1. The van der Waals surface area contributed by atoms with Gasteiger partial charge in [-0.25, -0.2) is 4.98 Å². The van der Waals surface area contributed by atoms with Gasteiger partial charge in [0, 0.05) is 12.6 Å². The predicted octanol–water partition coefficient (Wildman–Crippen LogP) is 3.69. The van der Waals surface area contributed by atoms with Gasteiger partial charge in [0.25, 0.3) is 5.56 Å². The molecule has 2 aromatic rings. The van der Waals surface area contributed by atoms with Crippen molar-refractivity contribution in [1.29, 1.82) is 0 Å². The van der Waals surface area contributed by atoms with Crippen molar-refractivity contribution in [2.45, 2.75) is 44.9 Å². The van der Waals surface area contributed by atoms with E-state index in [0.717, 1.165) is 5.75 Å². The third kappa shape index (κ3) is 3.96. The first kappa shape index (κ1) is 17.6. The topological polar surface area (TPSA) is 44.1 Å². The smallest absolute Gasteiger partial charge is 0.257 e. The van der Waals surface area contributed by atoms with Crippen molar-refractivity contribution in [1.82, 2.24) is 9.55 Å². The Hall–Kier alpha value is -1.75. The zero-order valence-corrected chi connectivity index (χ0v) is 15.5. The van der Waals surface area contributed by atoms with Crippen LogP contribution in [0, 0.1) is 6.92 Å². The van der Waals surface area contributed by atoms with Gasteiger partial charge in [-0.15, -0.1) is 0 Å². The minimum Gasteiger partial charge on any atom is -0.487 e. The van der Waals surface area contributed by atoms with Gasteiger partial charge in [0.05, 0.1) is 5.69 Å². The van der Waals surface area contributed by atoms with E-state index in [-0.39, 0.29) is 11.0 Å². The van der Waals surface area contributed by atoms with Crippen molar-refractivity contribution in [3.05, 3.63) is 51.4 Å². The highest BCUT2D eigenvalue weighted by molar-refractivity contribution is 7.98. The summed E-state index contributed by atoms with van der Waals surface area (Å²) in [5.74, 6) is 0.783. The van der Waals surface area contributed by atoms with Crippen LogP contribution in [0.25, 0.3) is 0 Å². The Morgan fingerprint density at radius 2 is 1.83 bits per heavy atom. The first-order valence-electron chi connectivity index (χ1n) is 7.58. The van der Waals surface area contributed by atoms with Gasteiger partial charge < -0.3 is 4.74 Å². The van der Waals surface area contributed by atoms with Gasteiger partial charge >= 0.3 is 0 Å². The fourth-order valence-corrected chi connectivity index (χ4v) is 2.82. The quantitative estimate of drug-likeness (QED) is 0.633. The lowest BCUT2D eigenvalue weighted by atomic mass is 9.87. The highest BCUT2D eigenvalue weighted by atomic mass is 32.2. The van der Waals surface area contributed by atoms with Gasteiger partial charge in [0.15, 0.2) is 5.16 Å². The van der Waals surface area contributed by atoms with Crippen LogP contribution in [0.5, 0.6) is 5.75 Å². The lowest BCUT2D eigenvalue weighted by Crippen LogP contribution is -2.25. The molecule has 0 bridgehead atoms. The molecule has 4 nitrogen and oxygen atoms in total. The van der Waals surface area contributed by atoms with Gasteiger partial charge in [-0.3, -0.25) is 9.36 Å². The van der Waals surface area contributed by atoms with Gasteiger partial charge in [-0.2, -0.15) is 0 Å². The molecule has 0 N–H and O–H groups in total. The highest BCUT2D eigenvalue weighted by Gasteiger charge is 2.14. The molecule has 1 aromatic carbocycles. The van der Waals surface area contributed by atoms with Gasteiger partial charge in [0.1, 0.15) is 12.4 Å². The number of benzene rings is 1. The molecular weight excluding hydrogens is 308 g/mol. The molecule has 0 aliphatic heterocycles. The van der Waals surface area contributed by atoms with Crippen molar-refractivity contribution in [2.24, 2.45) is 7.05 Å². The van der Waals surface area contributed by atoms with Crippen LogP contribution in [0.15, 0.2) is 34.2 Å². The Bertz CT molecular complexity index is 743. The molecule has 5 heteroatoms. The normalized spacial score (nSPS) is 11.6. The molecule has 23 heavy (non-hydrogen) atoms. The van der Waals surface area contributed by atoms with Gasteiger partial charge in [-0.1, -0.05) is 44.7 Å². The monoisotopic (exact) mass is 332 g/mol. The summed E-state index contributed by atoms with van der Waals surface area (Å²) >= 11 is 1.46. The minimum atomic E-state index is -0.0222.